The molecule has 2 unspecified atom stereocenters. The zero-order chi connectivity index (χ0) is 11.8. The number of alkyl halides is 1. The van der Waals surface area contributed by atoms with Gasteiger partial charge in [0.25, 0.3) is 0 Å². The van der Waals surface area contributed by atoms with E-state index < -0.39 is 0 Å². The quantitative estimate of drug-likeness (QED) is 0.719. The van der Waals surface area contributed by atoms with E-state index in [1.807, 2.05) is 6.07 Å². The minimum absolute atomic E-state index is 0.387. The van der Waals surface area contributed by atoms with Crippen LogP contribution in [-0.4, -0.2) is 18.5 Å². The van der Waals surface area contributed by atoms with Crippen molar-refractivity contribution in [3.63, 3.8) is 0 Å². The Morgan fingerprint density at radius 1 is 1.25 bits per heavy atom. The minimum Gasteiger partial charge on any atom is -0.312 e. The van der Waals surface area contributed by atoms with Gasteiger partial charge in [0.2, 0.25) is 0 Å². The molecule has 1 aromatic rings. The summed E-state index contributed by atoms with van der Waals surface area (Å²) in [6.45, 7) is 5.54. The maximum atomic E-state index is 5.98. The highest BCUT2D eigenvalue weighted by Crippen LogP contribution is 2.06. The van der Waals surface area contributed by atoms with Gasteiger partial charge in [0.15, 0.2) is 0 Å². The molecule has 0 aromatic heterocycles. The van der Waals surface area contributed by atoms with Crippen LogP contribution in [0.1, 0.15) is 25.8 Å². The molecule has 2 atom stereocenters. The fraction of sp³-hybridized carbons (Fsp3) is 0.571. The van der Waals surface area contributed by atoms with Crippen molar-refractivity contribution in [3.05, 3.63) is 35.9 Å². The molecule has 16 heavy (non-hydrogen) atoms. The first-order valence-corrected chi connectivity index (χ1v) is 6.63. The molecule has 1 N–H and O–H groups in total. The Bertz CT molecular complexity index is 273. The van der Waals surface area contributed by atoms with Crippen molar-refractivity contribution < 1.29 is 0 Å². The van der Waals surface area contributed by atoms with E-state index >= 15 is 0 Å². The van der Waals surface area contributed by atoms with E-state index in [2.05, 4.69) is 43.4 Å². The Labute approximate surface area is 104 Å². The molecule has 0 bridgehead atoms. The topological polar surface area (TPSA) is 12.0 Å². The van der Waals surface area contributed by atoms with E-state index in [1.54, 1.807) is 0 Å². The van der Waals surface area contributed by atoms with Crippen molar-refractivity contribution in [3.8, 4) is 0 Å². The molecule has 90 valence electrons. The highest BCUT2D eigenvalue weighted by molar-refractivity contribution is 6.18. The van der Waals surface area contributed by atoms with Crippen molar-refractivity contribution in [1.29, 1.82) is 0 Å². The molecule has 1 aromatic carbocycles. The van der Waals surface area contributed by atoms with Crippen LogP contribution in [0.5, 0.6) is 0 Å². The van der Waals surface area contributed by atoms with Gasteiger partial charge in [-0.15, -0.1) is 11.6 Å². The number of halogens is 1. The van der Waals surface area contributed by atoms with Crippen molar-refractivity contribution in [2.45, 2.75) is 32.7 Å². The Kier molecular flexibility index (Phi) is 6.51. The number of hydrogen-bond donors (Lipinski definition) is 1. The number of nitrogens with one attached hydrogen (secondary N) is 1. The Balaban J connectivity index is 2.37. The first-order chi connectivity index (χ1) is 7.76. The van der Waals surface area contributed by atoms with Gasteiger partial charge in [-0.3, -0.25) is 0 Å². The van der Waals surface area contributed by atoms with Gasteiger partial charge < -0.3 is 5.32 Å². The Hall–Kier alpha value is -0.530. The maximum Gasteiger partial charge on any atom is 0.0380 e. The lowest BCUT2D eigenvalue weighted by molar-refractivity contribution is 0.453. The van der Waals surface area contributed by atoms with Crippen LogP contribution in [0.2, 0.25) is 0 Å². The second-order valence-corrected chi connectivity index (χ2v) is 4.77. The molecule has 0 saturated carbocycles. The van der Waals surface area contributed by atoms with Crippen LogP contribution in [0.15, 0.2) is 30.3 Å². The highest BCUT2D eigenvalue weighted by Gasteiger charge is 2.08. The normalized spacial score (nSPS) is 14.7. The van der Waals surface area contributed by atoms with Gasteiger partial charge in [0.05, 0.1) is 0 Å². The third kappa shape index (κ3) is 5.00. The Morgan fingerprint density at radius 3 is 2.50 bits per heavy atom. The summed E-state index contributed by atoms with van der Waals surface area (Å²) in [5.74, 6) is 1.40. The standard InChI is InChI=1S/C14H22ClN/c1-3-12(2)11-16-14(10-15)9-13-7-5-4-6-8-13/h4-8,12,14,16H,3,9-11H2,1-2H3. The van der Waals surface area contributed by atoms with Crippen LogP contribution < -0.4 is 5.32 Å². The first-order valence-electron chi connectivity index (χ1n) is 6.09. The molecule has 0 saturated heterocycles. The van der Waals surface area contributed by atoms with Crippen LogP contribution in [0.3, 0.4) is 0 Å². The van der Waals surface area contributed by atoms with Crippen LogP contribution in [-0.2, 0) is 6.42 Å². The lowest BCUT2D eigenvalue weighted by atomic mass is 10.1. The molecule has 0 fully saturated rings. The smallest absolute Gasteiger partial charge is 0.0380 e. The second kappa shape index (κ2) is 7.70. The fourth-order valence-corrected chi connectivity index (χ4v) is 1.81. The molecule has 0 amide bonds. The molecule has 0 spiro atoms. The van der Waals surface area contributed by atoms with Crippen LogP contribution in [0.25, 0.3) is 0 Å². The largest absolute Gasteiger partial charge is 0.312 e. The van der Waals surface area contributed by atoms with Gasteiger partial charge in [0, 0.05) is 11.9 Å². The molecule has 0 aliphatic carbocycles. The monoisotopic (exact) mass is 239 g/mol. The van der Waals surface area contributed by atoms with Crippen molar-refractivity contribution >= 4 is 11.6 Å². The van der Waals surface area contributed by atoms with Gasteiger partial charge in [-0.2, -0.15) is 0 Å². The molecule has 1 rings (SSSR count). The third-order valence-electron chi connectivity index (χ3n) is 2.96. The van der Waals surface area contributed by atoms with Gasteiger partial charge in [-0.05, 0) is 24.4 Å². The van der Waals surface area contributed by atoms with Gasteiger partial charge in [-0.1, -0.05) is 50.6 Å². The molecule has 0 aliphatic rings. The minimum atomic E-state index is 0.387. The molecule has 2 heteroatoms. The molecule has 0 heterocycles. The summed E-state index contributed by atoms with van der Waals surface area (Å²) in [5, 5.41) is 3.54. The van der Waals surface area contributed by atoms with E-state index in [0.29, 0.717) is 11.9 Å². The number of rotatable bonds is 7. The van der Waals surface area contributed by atoms with E-state index in [1.165, 1.54) is 12.0 Å². The molecule has 0 aliphatic heterocycles. The zero-order valence-electron chi connectivity index (χ0n) is 10.2. The number of benzene rings is 1. The zero-order valence-corrected chi connectivity index (χ0v) is 11.0. The summed E-state index contributed by atoms with van der Waals surface area (Å²) < 4.78 is 0. The SMILES string of the molecule is CCC(C)CNC(CCl)Cc1ccccc1. The molecular weight excluding hydrogens is 218 g/mol. The fourth-order valence-electron chi connectivity index (χ4n) is 1.59. The predicted octanol–water partition coefficient (Wildman–Crippen LogP) is 3.47. The number of hydrogen-bond acceptors (Lipinski definition) is 1. The third-order valence-corrected chi connectivity index (χ3v) is 3.34. The van der Waals surface area contributed by atoms with Crippen LogP contribution >= 0.6 is 11.6 Å². The van der Waals surface area contributed by atoms with E-state index in [4.69, 9.17) is 11.6 Å². The van der Waals surface area contributed by atoms with Crippen molar-refractivity contribution in [2.24, 2.45) is 5.92 Å². The van der Waals surface area contributed by atoms with Gasteiger partial charge >= 0.3 is 0 Å². The van der Waals surface area contributed by atoms with Crippen LogP contribution in [0, 0.1) is 5.92 Å². The van der Waals surface area contributed by atoms with Crippen molar-refractivity contribution in [1.82, 2.24) is 5.32 Å². The average molecular weight is 240 g/mol. The van der Waals surface area contributed by atoms with Gasteiger partial charge in [0.1, 0.15) is 0 Å². The summed E-state index contributed by atoms with van der Waals surface area (Å²) >= 11 is 5.98. The second-order valence-electron chi connectivity index (χ2n) is 4.46. The summed E-state index contributed by atoms with van der Waals surface area (Å²) in [7, 11) is 0. The Morgan fingerprint density at radius 2 is 1.94 bits per heavy atom. The molecule has 1 nitrogen and oxygen atoms in total. The summed E-state index contributed by atoms with van der Waals surface area (Å²) in [6.07, 6.45) is 2.23. The summed E-state index contributed by atoms with van der Waals surface area (Å²) in [4.78, 5) is 0. The van der Waals surface area contributed by atoms with Crippen molar-refractivity contribution in [2.75, 3.05) is 12.4 Å². The van der Waals surface area contributed by atoms with Crippen LogP contribution in [0.4, 0.5) is 0 Å². The van der Waals surface area contributed by atoms with E-state index in [-0.39, 0.29) is 0 Å². The predicted molar refractivity (Wildman–Crippen MR) is 72.1 cm³/mol. The maximum absolute atomic E-state index is 5.98. The highest BCUT2D eigenvalue weighted by atomic mass is 35.5. The summed E-state index contributed by atoms with van der Waals surface area (Å²) in [5.41, 5.74) is 1.35. The van der Waals surface area contributed by atoms with E-state index in [0.717, 1.165) is 18.9 Å². The molecular formula is C14H22ClN. The van der Waals surface area contributed by atoms with Gasteiger partial charge in [-0.25, -0.2) is 0 Å². The average Bonchev–Trinajstić information content (AvgIpc) is 2.35. The molecule has 0 radical (unpaired) electrons. The lowest BCUT2D eigenvalue weighted by Gasteiger charge is -2.18. The summed E-state index contributed by atoms with van der Waals surface area (Å²) in [6, 6.07) is 10.9. The lowest BCUT2D eigenvalue weighted by Crippen LogP contribution is -2.35. The van der Waals surface area contributed by atoms with E-state index in [9.17, 15) is 0 Å². The first kappa shape index (κ1) is 13.5.